The number of nitrogens with zero attached hydrogens (tertiary/aromatic N) is 4. The van der Waals surface area contributed by atoms with Crippen LogP contribution in [0.1, 0.15) is 6.92 Å². The summed E-state index contributed by atoms with van der Waals surface area (Å²) in [5, 5.41) is 0. The maximum Gasteiger partial charge on any atom is 0.156 e. The lowest BCUT2D eigenvalue weighted by Gasteiger charge is -1.87. The van der Waals surface area contributed by atoms with Gasteiger partial charge in [0.2, 0.25) is 0 Å². The average molecular weight is 163 g/mol. The Bertz CT molecular complexity index is 286. The van der Waals surface area contributed by atoms with Crippen LogP contribution in [0.2, 0.25) is 0 Å². The van der Waals surface area contributed by atoms with Crippen molar-refractivity contribution in [3.63, 3.8) is 0 Å². The third kappa shape index (κ3) is 2.87. The number of rotatable bonds is 2. The van der Waals surface area contributed by atoms with E-state index in [4.69, 9.17) is 5.73 Å². The number of aromatic nitrogens is 2. The number of aliphatic imine (C=N–C) groups is 2. The molecule has 0 aliphatic carbocycles. The van der Waals surface area contributed by atoms with Gasteiger partial charge in [0.1, 0.15) is 12.7 Å². The van der Waals surface area contributed by atoms with E-state index in [1.807, 2.05) is 0 Å². The van der Waals surface area contributed by atoms with Crippen LogP contribution in [0.4, 0.5) is 5.82 Å². The molecule has 0 saturated heterocycles. The zero-order valence-corrected chi connectivity index (χ0v) is 6.68. The minimum absolute atomic E-state index is 0.466. The van der Waals surface area contributed by atoms with Gasteiger partial charge in [-0.3, -0.25) is 0 Å². The van der Waals surface area contributed by atoms with Crippen molar-refractivity contribution in [3.8, 4) is 0 Å². The van der Waals surface area contributed by atoms with Gasteiger partial charge >= 0.3 is 0 Å². The Morgan fingerprint density at radius 1 is 1.67 bits per heavy atom. The molecular weight excluding hydrogens is 154 g/mol. The smallest absolute Gasteiger partial charge is 0.156 e. The molecule has 0 saturated carbocycles. The van der Waals surface area contributed by atoms with Crippen molar-refractivity contribution >= 4 is 18.0 Å². The highest BCUT2D eigenvalue weighted by molar-refractivity contribution is 5.85. The van der Waals surface area contributed by atoms with Crippen molar-refractivity contribution in [2.75, 3.05) is 0 Å². The predicted octanol–water partition coefficient (Wildman–Crippen LogP) is 0.513. The van der Waals surface area contributed by atoms with Crippen LogP contribution < -0.4 is 5.73 Å². The van der Waals surface area contributed by atoms with Crippen molar-refractivity contribution in [2.24, 2.45) is 15.7 Å². The molecule has 0 amide bonds. The zero-order valence-electron chi connectivity index (χ0n) is 6.68. The van der Waals surface area contributed by atoms with Crippen molar-refractivity contribution in [1.29, 1.82) is 0 Å². The van der Waals surface area contributed by atoms with Crippen LogP contribution in [0, 0.1) is 0 Å². The van der Waals surface area contributed by atoms with E-state index >= 15 is 0 Å². The summed E-state index contributed by atoms with van der Waals surface area (Å²) in [6.07, 6.45) is 4.39. The summed E-state index contributed by atoms with van der Waals surface area (Å²) in [5.41, 5.74) is 5.28. The van der Waals surface area contributed by atoms with E-state index in [9.17, 15) is 0 Å². The first kappa shape index (κ1) is 8.32. The molecule has 12 heavy (non-hydrogen) atoms. The van der Waals surface area contributed by atoms with Crippen LogP contribution in [0.25, 0.3) is 0 Å². The van der Waals surface area contributed by atoms with E-state index in [-0.39, 0.29) is 0 Å². The van der Waals surface area contributed by atoms with Crippen molar-refractivity contribution in [2.45, 2.75) is 6.92 Å². The van der Waals surface area contributed by atoms with Gasteiger partial charge in [0, 0.05) is 12.3 Å². The summed E-state index contributed by atoms with van der Waals surface area (Å²) >= 11 is 0. The standard InChI is InChI=1S/C7H9N5/c1-6(8)10-5-12-7-2-3-9-4-11-7/h2-5H,1H3,(H2,8,9,10,11,12). The molecule has 0 atom stereocenters. The summed E-state index contributed by atoms with van der Waals surface area (Å²) in [5.74, 6) is 1.03. The lowest BCUT2D eigenvalue weighted by atomic mass is 10.6. The third-order valence-electron chi connectivity index (χ3n) is 1.02. The van der Waals surface area contributed by atoms with Gasteiger partial charge in [0.05, 0.1) is 5.84 Å². The van der Waals surface area contributed by atoms with Gasteiger partial charge in [-0.05, 0) is 6.92 Å². The molecule has 5 heteroatoms. The van der Waals surface area contributed by atoms with Crippen molar-refractivity contribution < 1.29 is 0 Å². The highest BCUT2D eigenvalue weighted by Crippen LogP contribution is 2.01. The summed E-state index contributed by atoms with van der Waals surface area (Å²) in [6, 6.07) is 1.68. The molecule has 1 aromatic rings. The number of hydrogen-bond acceptors (Lipinski definition) is 3. The van der Waals surface area contributed by atoms with Gasteiger partial charge in [-0.15, -0.1) is 0 Å². The van der Waals surface area contributed by atoms with E-state index in [1.54, 1.807) is 19.2 Å². The van der Waals surface area contributed by atoms with Gasteiger partial charge in [-0.1, -0.05) is 0 Å². The maximum atomic E-state index is 5.28. The topological polar surface area (TPSA) is 76.5 Å². The molecule has 0 bridgehead atoms. The summed E-state index contributed by atoms with van der Waals surface area (Å²) in [6.45, 7) is 1.69. The largest absolute Gasteiger partial charge is 0.387 e. The summed E-state index contributed by atoms with van der Waals surface area (Å²) in [7, 11) is 0. The Balaban J connectivity index is 2.64. The van der Waals surface area contributed by atoms with Crippen LogP contribution in [0.15, 0.2) is 28.6 Å². The quantitative estimate of drug-likeness (QED) is 0.509. The molecule has 1 rings (SSSR count). The third-order valence-corrected chi connectivity index (χ3v) is 1.02. The lowest BCUT2D eigenvalue weighted by molar-refractivity contribution is 1.15. The van der Waals surface area contributed by atoms with Crippen LogP contribution in [0.5, 0.6) is 0 Å². The zero-order chi connectivity index (χ0) is 8.81. The molecule has 0 radical (unpaired) electrons. The molecule has 2 N–H and O–H groups in total. The van der Waals surface area contributed by atoms with E-state index in [0.29, 0.717) is 11.7 Å². The highest BCUT2D eigenvalue weighted by atomic mass is 15.0. The first-order chi connectivity index (χ1) is 5.79. The maximum absolute atomic E-state index is 5.28. The molecule has 0 fully saturated rings. The Labute approximate surface area is 70.1 Å². The number of nitrogens with two attached hydrogens (primary N) is 1. The second-order valence-electron chi connectivity index (χ2n) is 2.08. The van der Waals surface area contributed by atoms with E-state index < -0.39 is 0 Å². The molecule has 0 unspecified atom stereocenters. The van der Waals surface area contributed by atoms with Crippen LogP contribution in [-0.2, 0) is 0 Å². The molecular formula is C7H9N5. The van der Waals surface area contributed by atoms with E-state index in [2.05, 4.69) is 20.0 Å². The SMILES string of the molecule is CC(N)=NC=Nc1ccncn1. The highest BCUT2D eigenvalue weighted by Gasteiger charge is 1.83. The molecule has 0 aliphatic heterocycles. The van der Waals surface area contributed by atoms with E-state index in [0.717, 1.165) is 0 Å². The normalized spacial score (nSPS) is 12.2. The van der Waals surface area contributed by atoms with Crippen molar-refractivity contribution in [3.05, 3.63) is 18.6 Å². The summed E-state index contributed by atoms with van der Waals surface area (Å²) in [4.78, 5) is 15.3. The van der Waals surface area contributed by atoms with Gasteiger partial charge in [-0.25, -0.2) is 20.0 Å². The first-order valence-electron chi connectivity index (χ1n) is 3.37. The monoisotopic (exact) mass is 163 g/mol. The van der Waals surface area contributed by atoms with Gasteiger partial charge in [-0.2, -0.15) is 0 Å². The minimum atomic E-state index is 0.466. The van der Waals surface area contributed by atoms with E-state index in [1.165, 1.54) is 12.7 Å². The molecule has 5 nitrogen and oxygen atoms in total. The second kappa shape index (κ2) is 4.17. The van der Waals surface area contributed by atoms with Crippen LogP contribution >= 0.6 is 0 Å². The number of hydrogen-bond donors (Lipinski definition) is 1. The first-order valence-corrected chi connectivity index (χ1v) is 3.37. The van der Waals surface area contributed by atoms with Gasteiger partial charge in [0.25, 0.3) is 0 Å². The van der Waals surface area contributed by atoms with Crippen molar-refractivity contribution in [1.82, 2.24) is 9.97 Å². The molecule has 62 valence electrons. The lowest BCUT2D eigenvalue weighted by Crippen LogP contribution is -2.04. The fourth-order valence-corrected chi connectivity index (χ4v) is 0.539. The molecule has 1 aromatic heterocycles. The fraction of sp³-hybridized carbons (Fsp3) is 0.143. The Morgan fingerprint density at radius 3 is 3.08 bits per heavy atom. The summed E-state index contributed by atoms with van der Waals surface area (Å²) < 4.78 is 0. The fourth-order valence-electron chi connectivity index (χ4n) is 0.539. The molecule has 0 aliphatic rings. The predicted molar refractivity (Wildman–Crippen MR) is 47.5 cm³/mol. The molecule has 1 heterocycles. The average Bonchev–Trinajstić information content (AvgIpc) is 2.05. The molecule has 0 spiro atoms. The van der Waals surface area contributed by atoms with Gasteiger partial charge < -0.3 is 5.73 Å². The minimum Gasteiger partial charge on any atom is -0.387 e. The van der Waals surface area contributed by atoms with Gasteiger partial charge in [0.15, 0.2) is 5.82 Å². The Hall–Kier alpha value is -1.78. The number of amidine groups is 1. The van der Waals surface area contributed by atoms with Crippen LogP contribution in [-0.4, -0.2) is 22.1 Å². The van der Waals surface area contributed by atoms with Crippen LogP contribution in [0.3, 0.4) is 0 Å². The molecule has 0 aromatic carbocycles. The Kier molecular flexibility index (Phi) is 2.89. The second-order valence-corrected chi connectivity index (χ2v) is 2.08. The Morgan fingerprint density at radius 2 is 2.50 bits per heavy atom.